The van der Waals surface area contributed by atoms with E-state index in [1.165, 1.54) is 5.56 Å². The first-order valence-corrected chi connectivity index (χ1v) is 6.74. The molecule has 0 aliphatic carbocycles. The zero-order valence-electron chi connectivity index (χ0n) is 11.5. The number of aromatic nitrogens is 1. The lowest BCUT2D eigenvalue weighted by atomic mass is 9.92. The van der Waals surface area contributed by atoms with E-state index in [1.807, 2.05) is 24.3 Å². The fraction of sp³-hybridized carbons (Fsp3) is 0.312. The Balaban J connectivity index is 1.70. The molecule has 20 heavy (non-hydrogen) atoms. The summed E-state index contributed by atoms with van der Waals surface area (Å²) in [6.07, 6.45) is 3.62. The van der Waals surface area contributed by atoms with Gasteiger partial charge in [0.1, 0.15) is 11.5 Å². The first-order chi connectivity index (χ1) is 9.74. The molecule has 0 unspecified atom stereocenters. The molecular weight excluding hydrogens is 252 g/mol. The Morgan fingerprint density at radius 3 is 3.00 bits per heavy atom. The van der Waals surface area contributed by atoms with Gasteiger partial charge in [0.15, 0.2) is 0 Å². The van der Waals surface area contributed by atoms with Crippen LogP contribution in [0.4, 0.5) is 5.69 Å². The summed E-state index contributed by atoms with van der Waals surface area (Å²) in [4.78, 5) is 4.36. The molecule has 4 nitrogen and oxygen atoms in total. The molecule has 2 aromatic rings. The second-order valence-electron chi connectivity index (χ2n) is 5.14. The molecule has 2 N–H and O–H groups in total. The standard InChI is InChI=1S/C16H18N2O2/c1-19-15-5-2-12-6-11(10-20-16(12)8-15)7-14-4-3-13(17)9-18-14/h2-5,8-9,11H,6-7,10,17H2,1H3/t11-/m1/s1. The van der Waals surface area contributed by atoms with Crippen molar-refractivity contribution < 1.29 is 9.47 Å². The summed E-state index contributed by atoms with van der Waals surface area (Å²) < 4.78 is 11.1. The molecule has 1 atom stereocenters. The van der Waals surface area contributed by atoms with Gasteiger partial charge < -0.3 is 15.2 Å². The van der Waals surface area contributed by atoms with E-state index in [9.17, 15) is 0 Å². The first kappa shape index (κ1) is 12.8. The third-order valence-corrected chi connectivity index (χ3v) is 3.60. The average Bonchev–Trinajstić information content (AvgIpc) is 2.49. The number of nitrogen functional groups attached to an aromatic ring is 1. The summed E-state index contributed by atoms with van der Waals surface area (Å²) in [5.41, 5.74) is 8.65. The predicted molar refractivity (Wildman–Crippen MR) is 78.0 cm³/mol. The van der Waals surface area contributed by atoms with Crippen LogP contribution in [0.15, 0.2) is 36.5 Å². The van der Waals surface area contributed by atoms with Crippen LogP contribution in [0.1, 0.15) is 11.3 Å². The maximum atomic E-state index is 5.84. The fourth-order valence-electron chi connectivity index (χ4n) is 2.53. The molecule has 1 aromatic carbocycles. The molecule has 2 heterocycles. The normalized spacial score (nSPS) is 17.1. The van der Waals surface area contributed by atoms with Crippen molar-refractivity contribution in [1.82, 2.24) is 4.98 Å². The summed E-state index contributed by atoms with van der Waals surface area (Å²) in [5, 5.41) is 0. The number of pyridine rings is 1. The minimum atomic E-state index is 0.451. The number of rotatable bonds is 3. The molecule has 1 aromatic heterocycles. The molecule has 1 aliphatic rings. The maximum absolute atomic E-state index is 5.84. The number of nitrogens with two attached hydrogens (primary N) is 1. The van der Waals surface area contributed by atoms with Crippen molar-refractivity contribution in [3.63, 3.8) is 0 Å². The van der Waals surface area contributed by atoms with Gasteiger partial charge in [0.2, 0.25) is 0 Å². The molecular formula is C16H18N2O2. The van der Waals surface area contributed by atoms with Crippen LogP contribution in [0.25, 0.3) is 0 Å². The summed E-state index contributed by atoms with van der Waals surface area (Å²) in [6.45, 7) is 0.715. The number of benzene rings is 1. The van der Waals surface area contributed by atoms with Crippen LogP contribution in [0, 0.1) is 5.92 Å². The highest BCUT2D eigenvalue weighted by atomic mass is 16.5. The molecule has 0 radical (unpaired) electrons. The fourth-order valence-corrected chi connectivity index (χ4v) is 2.53. The number of fused-ring (bicyclic) bond motifs is 1. The van der Waals surface area contributed by atoms with Gasteiger partial charge in [-0.2, -0.15) is 0 Å². The van der Waals surface area contributed by atoms with Crippen molar-refractivity contribution in [1.29, 1.82) is 0 Å². The average molecular weight is 270 g/mol. The number of hydrogen-bond donors (Lipinski definition) is 1. The van der Waals surface area contributed by atoms with E-state index in [0.717, 1.165) is 30.0 Å². The van der Waals surface area contributed by atoms with E-state index < -0.39 is 0 Å². The quantitative estimate of drug-likeness (QED) is 0.930. The molecule has 104 valence electrons. The van der Waals surface area contributed by atoms with Crippen LogP contribution in [-0.4, -0.2) is 18.7 Å². The van der Waals surface area contributed by atoms with Crippen LogP contribution in [0.3, 0.4) is 0 Å². The van der Waals surface area contributed by atoms with Gasteiger partial charge in [-0.25, -0.2) is 0 Å². The van der Waals surface area contributed by atoms with E-state index >= 15 is 0 Å². The van der Waals surface area contributed by atoms with Crippen molar-refractivity contribution in [3.05, 3.63) is 47.8 Å². The van der Waals surface area contributed by atoms with Crippen LogP contribution >= 0.6 is 0 Å². The Labute approximate surface area is 118 Å². The van der Waals surface area contributed by atoms with E-state index in [2.05, 4.69) is 11.1 Å². The molecule has 1 aliphatic heterocycles. The van der Waals surface area contributed by atoms with Gasteiger partial charge in [0.25, 0.3) is 0 Å². The third kappa shape index (κ3) is 2.69. The predicted octanol–water partition coefficient (Wildman–Crippen LogP) is 2.47. The highest BCUT2D eigenvalue weighted by Gasteiger charge is 2.21. The van der Waals surface area contributed by atoms with Crippen molar-refractivity contribution in [2.75, 3.05) is 19.5 Å². The third-order valence-electron chi connectivity index (χ3n) is 3.60. The van der Waals surface area contributed by atoms with Gasteiger partial charge in [0, 0.05) is 17.7 Å². The molecule has 0 saturated heterocycles. The lowest BCUT2D eigenvalue weighted by Gasteiger charge is -2.25. The maximum Gasteiger partial charge on any atom is 0.126 e. The minimum Gasteiger partial charge on any atom is -0.497 e. The topological polar surface area (TPSA) is 57.4 Å². The summed E-state index contributed by atoms with van der Waals surface area (Å²) in [6, 6.07) is 9.89. The Morgan fingerprint density at radius 2 is 2.25 bits per heavy atom. The van der Waals surface area contributed by atoms with Gasteiger partial charge in [0.05, 0.1) is 25.6 Å². The zero-order valence-corrected chi connectivity index (χ0v) is 11.5. The van der Waals surface area contributed by atoms with E-state index in [1.54, 1.807) is 13.3 Å². The van der Waals surface area contributed by atoms with Crippen molar-refractivity contribution in [2.24, 2.45) is 5.92 Å². The number of methoxy groups -OCH3 is 1. The monoisotopic (exact) mass is 270 g/mol. The molecule has 0 spiro atoms. The molecule has 4 heteroatoms. The second kappa shape index (κ2) is 5.41. The largest absolute Gasteiger partial charge is 0.497 e. The SMILES string of the molecule is COc1ccc2c(c1)OC[C@@H](Cc1ccc(N)cn1)C2. The first-order valence-electron chi connectivity index (χ1n) is 6.74. The van der Waals surface area contributed by atoms with Crippen LogP contribution in [-0.2, 0) is 12.8 Å². The Morgan fingerprint density at radius 1 is 1.35 bits per heavy atom. The van der Waals surface area contributed by atoms with Gasteiger partial charge in [-0.3, -0.25) is 4.98 Å². The van der Waals surface area contributed by atoms with Gasteiger partial charge in [-0.15, -0.1) is 0 Å². The molecule has 0 amide bonds. The van der Waals surface area contributed by atoms with E-state index in [4.69, 9.17) is 15.2 Å². The molecule has 0 fully saturated rings. The van der Waals surface area contributed by atoms with Gasteiger partial charge in [-0.05, 0) is 36.6 Å². The zero-order chi connectivity index (χ0) is 13.9. The summed E-state index contributed by atoms with van der Waals surface area (Å²) >= 11 is 0. The second-order valence-corrected chi connectivity index (χ2v) is 5.14. The summed E-state index contributed by atoms with van der Waals surface area (Å²) in [5.74, 6) is 2.22. The van der Waals surface area contributed by atoms with Crippen molar-refractivity contribution in [3.8, 4) is 11.5 Å². The Kier molecular flexibility index (Phi) is 3.46. The molecule has 0 bridgehead atoms. The van der Waals surface area contributed by atoms with Crippen molar-refractivity contribution in [2.45, 2.75) is 12.8 Å². The Bertz CT molecular complexity index is 596. The highest BCUT2D eigenvalue weighted by molar-refractivity contribution is 5.42. The van der Waals surface area contributed by atoms with Gasteiger partial charge in [-0.1, -0.05) is 6.07 Å². The lowest BCUT2D eigenvalue weighted by Crippen LogP contribution is -2.23. The smallest absolute Gasteiger partial charge is 0.126 e. The minimum absolute atomic E-state index is 0.451. The highest BCUT2D eigenvalue weighted by Crippen LogP contribution is 2.31. The van der Waals surface area contributed by atoms with Crippen molar-refractivity contribution >= 4 is 5.69 Å². The molecule has 0 saturated carbocycles. The lowest BCUT2D eigenvalue weighted by molar-refractivity contribution is 0.219. The van der Waals surface area contributed by atoms with Gasteiger partial charge >= 0.3 is 0 Å². The number of ether oxygens (including phenoxy) is 2. The number of nitrogens with zero attached hydrogens (tertiary/aromatic N) is 1. The molecule has 3 rings (SSSR count). The summed E-state index contributed by atoms with van der Waals surface area (Å²) in [7, 11) is 1.67. The van der Waals surface area contributed by atoms with E-state index in [-0.39, 0.29) is 0 Å². The van der Waals surface area contributed by atoms with Crippen LogP contribution in [0.5, 0.6) is 11.5 Å². The number of anilines is 1. The Hall–Kier alpha value is -2.23. The number of hydrogen-bond acceptors (Lipinski definition) is 4. The van der Waals surface area contributed by atoms with Crippen LogP contribution in [0.2, 0.25) is 0 Å². The van der Waals surface area contributed by atoms with Crippen LogP contribution < -0.4 is 15.2 Å². The van der Waals surface area contributed by atoms with E-state index in [0.29, 0.717) is 18.2 Å².